The highest BCUT2D eigenvalue weighted by Crippen LogP contribution is 2.29. The number of H-pyrrole nitrogens is 1. The summed E-state index contributed by atoms with van der Waals surface area (Å²) in [5.74, 6) is 1.13. The van der Waals surface area contributed by atoms with Crippen molar-refractivity contribution in [2.45, 2.75) is 0 Å². The molecule has 0 aliphatic rings. The van der Waals surface area contributed by atoms with Crippen molar-refractivity contribution in [3.63, 3.8) is 0 Å². The van der Waals surface area contributed by atoms with Gasteiger partial charge in [-0.1, -0.05) is 12.1 Å². The molecule has 3 rings (SSSR count). The minimum absolute atomic E-state index is 0.478. The highest BCUT2D eigenvalue weighted by Gasteiger charge is 2.16. The molecule has 104 valence electrons. The molecule has 2 N–H and O–H groups in total. The summed E-state index contributed by atoms with van der Waals surface area (Å²) in [7, 11) is 3.61. The van der Waals surface area contributed by atoms with Gasteiger partial charge >= 0.3 is 0 Å². The molecule has 0 bridgehead atoms. The van der Waals surface area contributed by atoms with Crippen molar-refractivity contribution in [1.82, 2.24) is 19.9 Å². The van der Waals surface area contributed by atoms with Gasteiger partial charge in [-0.05, 0) is 12.1 Å². The smallest absolute Gasteiger partial charge is 0.226 e. The summed E-state index contributed by atoms with van der Waals surface area (Å²) in [5, 5.41) is 12.2. The molecule has 2 heterocycles. The van der Waals surface area contributed by atoms with Gasteiger partial charge in [0.1, 0.15) is 11.6 Å². The van der Waals surface area contributed by atoms with Crippen LogP contribution in [-0.4, -0.2) is 34.0 Å². The third-order valence-electron chi connectivity index (χ3n) is 3.19. The van der Waals surface area contributed by atoms with Crippen LogP contribution in [0.2, 0.25) is 0 Å². The van der Waals surface area contributed by atoms with E-state index in [9.17, 15) is 5.26 Å². The summed E-state index contributed by atoms with van der Waals surface area (Å²) in [6, 6.07) is 9.56. The first-order valence-corrected chi connectivity index (χ1v) is 6.36. The Bertz CT molecular complexity index is 831. The number of fused-ring (bicyclic) bond motifs is 1. The van der Waals surface area contributed by atoms with E-state index in [2.05, 4.69) is 31.3 Å². The molecule has 1 aromatic carbocycles. The molecule has 0 amide bonds. The Morgan fingerprint density at radius 1 is 1.29 bits per heavy atom. The van der Waals surface area contributed by atoms with E-state index >= 15 is 0 Å². The number of nitrogens with zero attached hydrogens (tertiary/aromatic N) is 5. The van der Waals surface area contributed by atoms with E-state index in [4.69, 9.17) is 0 Å². The molecule has 0 unspecified atom stereocenters. The lowest BCUT2D eigenvalue weighted by Crippen LogP contribution is -2.14. The molecule has 2 aromatic heterocycles. The van der Waals surface area contributed by atoms with Crippen LogP contribution >= 0.6 is 0 Å². The molecule has 7 heteroatoms. The van der Waals surface area contributed by atoms with E-state index in [0.29, 0.717) is 23.0 Å². The lowest BCUT2D eigenvalue weighted by molar-refractivity contribution is 1.09. The van der Waals surface area contributed by atoms with Crippen LogP contribution in [0.1, 0.15) is 5.56 Å². The number of imidazole rings is 1. The van der Waals surface area contributed by atoms with Crippen LogP contribution in [0.3, 0.4) is 0 Å². The second-order valence-corrected chi connectivity index (χ2v) is 4.41. The molecule has 0 saturated carbocycles. The fourth-order valence-electron chi connectivity index (χ4n) is 2.15. The van der Waals surface area contributed by atoms with Gasteiger partial charge in [-0.3, -0.25) is 0 Å². The number of para-hydroxylation sites is 1. The third-order valence-corrected chi connectivity index (χ3v) is 3.19. The van der Waals surface area contributed by atoms with Crippen molar-refractivity contribution >= 4 is 28.6 Å². The second-order valence-electron chi connectivity index (χ2n) is 4.41. The van der Waals surface area contributed by atoms with Gasteiger partial charge in [-0.2, -0.15) is 15.2 Å². The molecule has 0 spiro atoms. The zero-order valence-electron chi connectivity index (χ0n) is 11.6. The average Bonchev–Trinajstić information content (AvgIpc) is 3.01. The van der Waals surface area contributed by atoms with Crippen LogP contribution < -0.4 is 10.2 Å². The molecule has 0 aliphatic carbocycles. The molecule has 0 atom stereocenters. The first kappa shape index (κ1) is 12.9. The van der Waals surface area contributed by atoms with Crippen molar-refractivity contribution in [2.24, 2.45) is 0 Å². The Labute approximate surface area is 121 Å². The highest BCUT2D eigenvalue weighted by molar-refractivity contribution is 5.87. The lowest BCUT2D eigenvalue weighted by atomic mass is 10.2. The van der Waals surface area contributed by atoms with E-state index in [-0.39, 0.29) is 0 Å². The van der Waals surface area contributed by atoms with Crippen molar-refractivity contribution < 1.29 is 0 Å². The zero-order valence-corrected chi connectivity index (χ0v) is 11.6. The largest absolute Gasteiger partial charge is 0.357 e. The van der Waals surface area contributed by atoms with Crippen LogP contribution in [0.25, 0.3) is 11.2 Å². The normalized spacial score (nSPS) is 10.3. The number of anilines is 3. The minimum Gasteiger partial charge on any atom is -0.357 e. The summed E-state index contributed by atoms with van der Waals surface area (Å²) in [6.07, 6.45) is 1.58. The summed E-state index contributed by atoms with van der Waals surface area (Å²) in [6.45, 7) is 0. The maximum Gasteiger partial charge on any atom is 0.226 e. The fourth-order valence-corrected chi connectivity index (χ4v) is 2.15. The predicted molar refractivity (Wildman–Crippen MR) is 80.5 cm³/mol. The zero-order chi connectivity index (χ0) is 14.8. The Hall–Kier alpha value is -3.14. The number of rotatable bonds is 3. The molecule has 0 saturated heterocycles. The van der Waals surface area contributed by atoms with Crippen molar-refractivity contribution in [2.75, 3.05) is 24.3 Å². The Morgan fingerprint density at radius 2 is 2.10 bits per heavy atom. The number of nitriles is 1. The average molecular weight is 279 g/mol. The molecule has 7 nitrogen and oxygen atoms in total. The van der Waals surface area contributed by atoms with Crippen LogP contribution in [0.4, 0.5) is 17.5 Å². The maximum atomic E-state index is 9.25. The van der Waals surface area contributed by atoms with Crippen molar-refractivity contribution in [3.8, 4) is 6.07 Å². The molecule has 21 heavy (non-hydrogen) atoms. The SMILES string of the molecule is CNc1nc(N(C)c2ccccc2C#N)c2[nH]cnc2n1. The first-order valence-electron chi connectivity index (χ1n) is 6.36. The lowest BCUT2D eigenvalue weighted by Gasteiger charge is -2.20. The third kappa shape index (κ3) is 2.12. The monoisotopic (exact) mass is 279 g/mol. The number of benzene rings is 1. The summed E-state index contributed by atoms with van der Waals surface area (Å²) in [4.78, 5) is 17.8. The van der Waals surface area contributed by atoms with Gasteiger partial charge in [-0.25, -0.2) is 4.98 Å². The van der Waals surface area contributed by atoms with Gasteiger partial charge in [0.2, 0.25) is 5.95 Å². The molecule has 3 aromatic rings. The quantitative estimate of drug-likeness (QED) is 0.762. The minimum atomic E-state index is 0.478. The van der Waals surface area contributed by atoms with Crippen LogP contribution in [0.15, 0.2) is 30.6 Å². The summed E-state index contributed by atoms with van der Waals surface area (Å²) >= 11 is 0. The molecule has 0 aliphatic heterocycles. The maximum absolute atomic E-state index is 9.25. The second kappa shape index (κ2) is 5.09. The fraction of sp³-hybridized carbons (Fsp3) is 0.143. The van der Waals surface area contributed by atoms with Gasteiger partial charge < -0.3 is 15.2 Å². The van der Waals surface area contributed by atoms with E-state index in [1.807, 2.05) is 30.1 Å². The van der Waals surface area contributed by atoms with Gasteiger partial charge in [0, 0.05) is 14.1 Å². The molecule has 0 radical (unpaired) electrons. The van der Waals surface area contributed by atoms with Gasteiger partial charge in [-0.15, -0.1) is 0 Å². The summed E-state index contributed by atoms with van der Waals surface area (Å²) < 4.78 is 0. The Morgan fingerprint density at radius 3 is 2.86 bits per heavy atom. The van der Waals surface area contributed by atoms with E-state index in [1.54, 1.807) is 19.4 Å². The van der Waals surface area contributed by atoms with Crippen LogP contribution in [-0.2, 0) is 0 Å². The van der Waals surface area contributed by atoms with Crippen molar-refractivity contribution in [1.29, 1.82) is 5.26 Å². The Balaban J connectivity index is 2.19. The highest BCUT2D eigenvalue weighted by atomic mass is 15.2. The van der Waals surface area contributed by atoms with E-state index in [0.717, 1.165) is 11.2 Å². The number of aromatic nitrogens is 4. The van der Waals surface area contributed by atoms with E-state index in [1.165, 1.54) is 0 Å². The molecule has 0 fully saturated rings. The van der Waals surface area contributed by atoms with Gasteiger partial charge in [0.05, 0.1) is 17.6 Å². The number of aromatic amines is 1. The molecular formula is C14H13N7. The Kier molecular flexibility index (Phi) is 3.12. The van der Waals surface area contributed by atoms with Gasteiger partial charge in [0.25, 0.3) is 0 Å². The van der Waals surface area contributed by atoms with Crippen LogP contribution in [0, 0.1) is 11.3 Å². The summed E-state index contributed by atoms with van der Waals surface area (Å²) in [5.41, 5.74) is 2.66. The topological polar surface area (TPSA) is 93.5 Å². The molecular weight excluding hydrogens is 266 g/mol. The van der Waals surface area contributed by atoms with Gasteiger partial charge in [0.15, 0.2) is 11.5 Å². The van der Waals surface area contributed by atoms with Crippen molar-refractivity contribution in [3.05, 3.63) is 36.2 Å². The first-order chi connectivity index (χ1) is 10.2. The van der Waals surface area contributed by atoms with Crippen LogP contribution in [0.5, 0.6) is 0 Å². The number of nitrogens with one attached hydrogen (secondary N) is 2. The van der Waals surface area contributed by atoms with E-state index < -0.39 is 0 Å². The number of hydrogen-bond donors (Lipinski definition) is 2. The standard InChI is InChI=1S/C14H13N7/c1-16-14-19-12-11(17-8-18-12)13(20-14)21(2)10-6-4-3-5-9(10)7-15/h3-6,8H,1-2H3,(H2,16,17,18,19,20). The number of hydrogen-bond acceptors (Lipinski definition) is 6. The predicted octanol–water partition coefficient (Wildman–Crippen LogP) is 2.03.